The number of likely N-dealkylation sites (tertiary alicyclic amines) is 2. The van der Waals surface area contributed by atoms with E-state index in [1.165, 1.54) is 11.6 Å². The van der Waals surface area contributed by atoms with Crippen LogP contribution in [0.15, 0.2) is 42.6 Å². The van der Waals surface area contributed by atoms with Gasteiger partial charge in [0.25, 0.3) is 0 Å². The van der Waals surface area contributed by atoms with Crippen LogP contribution in [0.5, 0.6) is 0 Å². The molecule has 48 heavy (non-hydrogen) atoms. The molecule has 0 unspecified atom stereocenters. The van der Waals surface area contributed by atoms with Crippen LogP contribution in [0.3, 0.4) is 0 Å². The molecule has 0 atom stereocenters. The number of hydrogen-bond donors (Lipinski definition) is 1. The van der Waals surface area contributed by atoms with Crippen molar-refractivity contribution < 1.29 is 27.8 Å². The first-order valence-corrected chi connectivity index (χ1v) is 17.2. The predicted octanol–water partition coefficient (Wildman–Crippen LogP) is 8.79. The molecule has 3 aliphatic rings. The van der Waals surface area contributed by atoms with Crippen molar-refractivity contribution in [2.45, 2.75) is 103 Å². The van der Waals surface area contributed by atoms with Gasteiger partial charge in [-0.3, -0.25) is 4.98 Å². The fourth-order valence-corrected chi connectivity index (χ4v) is 6.80. The Kier molecular flexibility index (Phi) is 10.8. The lowest BCUT2D eigenvalue weighted by molar-refractivity contribution is 0.0194. The highest BCUT2D eigenvalue weighted by Crippen LogP contribution is 2.38. The summed E-state index contributed by atoms with van der Waals surface area (Å²) in [7, 11) is 0. The minimum Gasteiger partial charge on any atom is -0.444 e. The van der Waals surface area contributed by atoms with Crippen LogP contribution in [0.1, 0.15) is 102 Å². The summed E-state index contributed by atoms with van der Waals surface area (Å²) in [5.74, 6) is 0.297. The van der Waals surface area contributed by atoms with Gasteiger partial charge in [0.05, 0.1) is 5.52 Å². The standard InChI is InChI=1S/C19H27FN2O2.C19H23FN2O2/c2*1-19(2,3)24-18(23)22-11-8-13(9-12-22)14-6-7-16(20)15-5-4-10-21-17(14)15/h6-7,13,21H,4-5,8-12H2,1-3H3;4-7,10,13H,8-9,11-12H2,1-3H3. The van der Waals surface area contributed by atoms with Crippen LogP contribution in [-0.2, 0) is 15.9 Å². The Morgan fingerprint density at radius 1 is 0.771 bits per heavy atom. The molecule has 3 aliphatic heterocycles. The number of fused-ring (bicyclic) bond motifs is 2. The van der Waals surface area contributed by atoms with E-state index in [9.17, 15) is 18.4 Å². The zero-order valence-electron chi connectivity index (χ0n) is 29.2. The molecular formula is C38H50F2N4O4. The quantitative estimate of drug-likeness (QED) is 0.295. The minimum absolute atomic E-state index is 0.104. The Morgan fingerprint density at radius 2 is 1.29 bits per heavy atom. The Hall–Kier alpha value is -3.95. The van der Waals surface area contributed by atoms with Crippen LogP contribution in [-0.4, -0.2) is 70.9 Å². The average Bonchev–Trinajstić information content (AvgIpc) is 3.04. The molecule has 2 aromatic carbocycles. The molecule has 2 saturated heterocycles. The zero-order valence-corrected chi connectivity index (χ0v) is 29.2. The summed E-state index contributed by atoms with van der Waals surface area (Å²) in [6, 6.07) is 10.4. The van der Waals surface area contributed by atoms with Gasteiger partial charge in [-0.25, -0.2) is 18.4 Å². The van der Waals surface area contributed by atoms with Gasteiger partial charge in [0.15, 0.2) is 0 Å². The molecule has 0 saturated carbocycles. The van der Waals surface area contributed by atoms with E-state index < -0.39 is 11.2 Å². The van der Waals surface area contributed by atoms with Crippen LogP contribution >= 0.6 is 0 Å². The number of aromatic nitrogens is 1. The van der Waals surface area contributed by atoms with Gasteiger partial charge >= 0.3 is 12.2 Å². The lowest BCUT2D eigenvalue weighted by Gasteiger charge is -2.35. The van der Waals surface area contributed by atoms with Gasteiger partial charge in [-0.15, -0.1) is 0 Å². The lowest BCUT2D eigenvalue weighted by Crippen LogP contribution is -2.41. The molecule has 2 fully saturated rings. The number of nitrogens with one attached hydrogen (secondary N) is 1. The van der Waals surface area contributed by atoms with Crippen LogP contribution in [0.25, 0.3) is 10.9 Å². The molecule has 260 valence electrons. The zero-order chi connectivity index (χ0) is 34.6. The molecule has 1 N–H and O–H groups in total. The number of anilines is 1. The number of halogens is 2. The second-order valence-corrected chi connectivity index (χ2v) is 15.0. The maximum atomic E-state index is 14.0. The number of ether oxygens (including phenoxy) is 2. The van der Waals surface area contributed by atoms with E-state index in [4.69, 9.17) is 9.47 Å². The smallest absolute Gasteiger partial charge is 0.410 e. The predicted molar refractivity (Wildman–Crippen MR) is 184 cm³/mol. The van der Waals surface area contributed by atoms with Gasteiger partial charge in [0.1, 0.15) is 22.8 Å². The summed E-state index contributed by atoms with van der Waals surface area (Å²) in [4.78, 5) is 32.2. The summed E-state index contributed by atoms with van der Waals surface area (Å²) in [5, 5.41) is 3.95. The van der Waals surface area contributed by atoms with E-state index in [0.717, 1.165) is 67.4 Å². The van der Waals surface area contributed by atoms with Gasteiger partial charge in [0.2, 0.25) is 0 Å². The molecule has 3 aromatic rings. The first-order valence-electron chi connectivity index (χ1n) is 17.2. The van der Waals surface area contributed by atoms with Crippen molar-refractivity contribution in [1.29, 1.82) is 0 Å². The van der Waals surface area contributed by atoms with Crippen LogP contribution < -0.4 is 5.32 Å². The maximum absolute atomic E-state index is 14.0. The van der Waals surface area contributed by atoms with Gasteiger partial charge in [-0.05, 0) is 127 Å². The molecule has 8 nitrogen and oxygen atoms in total. The second-order valence-electron chi connectivity index (χ2n) is 15.0. The van der Waals surface area contributed by atoms with Crippen molar-refractivity contribution in [2.75, 3.05) is 38.0 Å². The molecule has 0 aliphatic carbocycles. The van der Waals surface area contributed by atoms with E-state index in [1.54, 1.807) is 34.2 Å². The third kappa shape index (κ3) is 8.74. The molecule has 10 heteroatoms. The molecule has 0 bridgehead atoms. The second kappa shape index (κ2) is 14.7. The molecule has 6 rings (SSSR count). The number of benzene rings is 2. The van der Waals surface area contributed by atoms with E-state index in [2.05, 4.69) is 10.3 Å². The van der Waals surface area contributed by atoms with Gasteiger partial charge in [-0.2, -0.15) is 0 Å². The van der Waals surface area contributed by atoms with Crippen molar-refractivity contribution in [3.05, 3.63) is 70.9 Å². The van der Waals surface area contributed by atoms with Crippen LogP contribution in [0.2, 0.25) is 0 Å². The van der Waals surface area contributed by atoms with Gasteiger partial charge < -0.3 is 24.6 Å². The number of nitrogens with zero attached hydrogens (tertiary/aromatic N) is 3. The molecular weight excluding hydrogens is 614 g/mol. The molecule has 0 spiro atoms. The summed E-state index contributed by atoms with van der Waals surface area (Å²) >= 11 is 0. The Labute approximate surface area is 283 Å². The van der Waals surface area contributed by atoms with Crippen LogP contribution in [0.4, 0.5) is 24.1 Å². The number of carbonyl (C=O) groups excluding carboxylic acids is 2. The van der Waals surface area contributed by atoms with Gasteiger partial charge in [-0.1, -0.05) is 12.1 Å². The molecule has 4 heterocycles. The Balaban J connectivity index is 0.000000188. The summed E-state index contributed by atoms with van der Waals surface area (Å²) in [6.45, 7) is 14.8. The van der Waals surface area contributed by atoms with E-state index in [-0.39, 0.29) is 29.7 Å². The Morgan fingerprint density at radius 3 is 1.85 bits per heavy atom. The molecule has 2 amide bonds. The average molecular weight is 665 g/mol. The SMILES string of the molecule is CC(C)(C)OC(=O)N1CCC(c2ccc(F)c3c2NCCC3)CC1.CC(C)(C)OC(=O)N1CCC(c2ccc(F)c3cccnc23)CC1. The van der Waals surface area contributed by atoms with Crippen molar-refractivity contribution >= 4 is 28.8 Å². The van der Waals surface area contributed by atoms with Crippen molar-refractivity contribution in [2.24, 2.45) is 0 Å². The number of carbonyl (C=O) groups is 2. The largest absolute Gasteiger partial charge is 0.444 e. The first-order chi connectivity index (χ1) is 22.7. The minimum atomic E-state index is -0.481. The van der Waals surface area contributed by atoms with E-state index in [1.807, 2.05) is 53.7 Å². The molecule has 1 aromatic heterocycles. The number of hydrogen-bond acceptors (Lipinski definition) is 6. The lowest BCUT2D eigenvalue weighted by atomic mass is 9.85. The number of pyridine rings is 1. The van der Waals surface area contributed by atoms with E-state index in [0.29, 0.717) is 37.5 Å². The van der Waals surface area contributed by atoms with Crippen molar-refractivity contribution in [1.82, 2.24) is 14.8 Å². The summed E-state index contributed by atoms with van der Waals surface area (Å²) < 4.78 is 38.9. The third-order valence-corrected chi connectivity index (χ3v) is 9.11. The molecule has 0 radical (unpaired) electrons. The summed E-state index contributed by atoms with van der Waals surface area (Å²) in [5.41, 5.74) is 3.88. The third-order valence-electron chi connectivity index (χ3n) is 9.11. The highest BCUT2D eigenvalue weighted by atomic mass is 19.1. The van der Waals surface area contributed by atoms with Crippen LogP contribution in [0, 0.1) is 11.6 Å². The maximum Gasteiger partial charge on any atom is 0.410 e. The van der Waals surface area contributed by atoms with Crippen molar-refractivity contribution in [3.63, 3.8) is 0 Å². The highest BCUT2D eigenvalue weighted by Gasteiger charge is 2.31. The van der Waals surface area contributed by atoms with Crippen molar-refractivity contribution in [3.8, 4) is 0 Å². The summed E-state index contributed by atoms with van der Waals surface area (Å²) in [6.07, 6.45) is 6.42. The Bertz CT molecular complexity index is 1600. The van der Waals surface area contributed by atoms with Gasteiger partial charge in [0, 0.05) is 55.6 Å². The first kappa shape index (κ1) is 35.4. The van der Waals surface area contributed by atoms with E-state index >= 15 is 0 Å². The highest BCUT2D eigenvalue weighted by molar-refractivity contribution is 5.83. The number of rotatable bonds is 2. The topological polar surface area (TPSA) is 84.0 Å². The fourth-order valence-electron chi connectivity index (χ4n) is 6.80. The normalized spacial score (nSPS) is 17.6. The number of piperidine rings is 2. The number of amides is 2. The monoisotopic (exact) mass is 664 g/mol. The fraction of sp³-hybridized carbons (Fsp3) is 0.553.